The van der Waals surface area contributed by atoms with Gasteiger partial charge in [0.05, 0.1) is 40.9 Å². The van der Waals surface area contributed by atoms with Crippen LogP contribution in [0.5, 0.6) is 17.2 Å². The maximum atomic E-state index is 12.8. The second-order valence-electron chi connectivity index (χ2n) is 26.5. The number of aromatic hydroxyl groups is 2. The third kappa shape index (κ3) is 7.20. The van der Waals surface area contributed by atoms with Gasteiger partial charge in [0.25, 0.3) is 0 Å². The lowest BCUT2D eigenvalue weighted by Gasteiger charge is -2.64. The summed E-state index contributed by atoms with van der Waals surface area (Å²) in [6.45, 7) is 20.8. The van der Waals surface area contributed by atoms with Gasteiger partial charge in [0.15, 0.2) is 11.9 Å². The molecule has 3 aromatic carbocycles. The van der Waals surface area contributed by atoms with E-state index in [0.717, 1.165) is 125 Å². The molecule has 410 valence electrons. The first-order valence-corrected chi connectivity index (χ1v) is 30.0. The molecule has 13 aliphatic rings. The molecule has 6 saturated carbocycles. The standard InChI is InChI=1S/C21H22N2O3.C21H24N2O3.C21H28N2O2S/c1-22-14-5-4-13-10-16-21(25)7-6-15(24)19-20(21,17(13)18(14)26-19)8-9-23(16)11-12-2-3-12;1-22-16-5-4-14-10-17-21(26)7-6-15(24)11-20(21,18(14)19(16)25)8-9-23(17)12-13-2-3-13;22-19(26)15-6-5-14-11-16-21(25)8-2-1-7-20(21,17(14)18(15)24)9-10-23(16)12-13-3-4-13/h4-5,12,16,19,25H,2-3,6-11H2;4-5,13,17,25-26H,2-3,6-12H2;5-6,13,16,24-25H,1-4,7-12H2,(H2,22,26)/t16-,19+,20+,21-;17-,20-,21-;16-,20+,21-/m111/s1. The zero-order chi connectivity index (χ0) is 53.9. The summed E-state index contributed by atoms with van der Waals surface area (Å²) in [5, 5.41) is 58.0. The molecule has 14 nitrogen and oxygen atoms in total. The number of piperidine rings is 3. The van der Waals surface area contributed by atoms with Gasteiger partial charge in [0.2, 0.25) is 11.4 Å². The van der Waals surface area contributed by atoms with E-state index in [9.17, 15) is 35.1 Å². The van der Waals surface area contributed by atoms with Gasteiger partial charge in [0, 0.05) is 73.4 Å². The van der Waals surface area contributed by atoms with E-state index in [0.29, 0.717) is 61.1 Å². The summed E-state index contributed by atoms with van der Waals surface area (Å²) in [7, 11) is 0. The number of ether oxygens (including phenoxy) is 1. The number of Topliss-reactive ketones (excluding diaryl/α,β-unsaturated/α-hetero) is 2. The molecule has 15 heteroatoms. The SMILES string of the molecule is NC(=S)c1ccc2c(c1O)[C@@]13CCCC[C@@]1(O)[C@@H](C2)N(CC1CC1)CC3.[C-]#[N+]c1ccc2c(c1O)[C@]13CCN(CC4CC4)[C@H](C2)[C@]1(O)CCC(=O)C3.[C-]#[N+]c1ccc2c3c1O[C@H]1C(=O)CC[C@@]4(O)[C@@H](C2)N(CC2CC2)CC[C@]314. The fraction of sp³-hybridized carbons (Fsp3) is 0.635. The summed E-state index contributed by atoms with van der Waals surface area (Å²) in [4.78, 5) is 40.0. The first-order valence-electron chi connectivity index (χ1n) is 29.5. The predicted octanol–water partition coefficient (Wildman–Crippen LogP) is 7.69. The van der Waals surface area contributed by atoms with Crippen LogP contribution in [0.3, 0.4) is 0 Å². The molecule has 4 heterocycles. The van der Waals surface area contributed by atoms with Gasteiger partial charge < -0.3 is 36.0 Å². The minimum absolute atomic E-state index is 0.00404. The highest BCUT2D eigenvalue weighted by Gasteiger charge is 2.73. The van der Waals surface area contributed by atoms with Crippen molar-refractivity contribution in [2.75, 3.05) is 39.3 Å². The van der Waals surface area contributed by atoms with E-state index in [2.05, 4.69) is 30.5 Å². The Morgan fingerprint density at radius 2 is 1.12 bits per heavy atom. The fourth-order valence-electron chi connectivity index (χ4n) is 18.5. The molecule has 0 unspecified atom stereocenters. The second-order valence-corrected chi connectivity index (χ2v) is 27.0. The second kappa shape index (κ2) is 18.0. The maximum Gasteiger partial charge on any atom is 0.228 e. The first kappa shape index (κ1) is 51.2. The molecule has 3 saturated heterocycles. The highest BCUT2D eigenvalue weighted by Crippen LogP contribution is 2.66. The monoisotopic (exact) mass is 1070 g/mol. The third-order valence-electron chi connectivity index (χ3n) is 22.7. The number of nitrogens with two attached hydrogens (primary N) is 1. The molecule has 9 aliphatic carbocycles. The average molecular weight is 1080 g/mol. The van der Waals surface area contributed by atoms with Crippen molar-refractivity contribution < 1.29 is 39.9 Å². The number of rotatable bonds is 7. The molecule has 0 aromatic heterocycles. The number of carbonyl (C=O) groups is 2. The lowest BCUT2D eigenvalue weighted by atomic mass is 9.49. The van der Waals surface area contributed by atoms with Crippen LogP contribution in [0.2, 0.25) is 0 Å². The molecule has 7 N–H and O–H groups in total. The van der Waals surface area contributed by atoms with Gasteiger partial charge in [-0.1, -0.05) is 55.4 Å². The van der Waals surface area contributed by atoms with Crippen molar-refractivity contribution in [3.8, 4) is 17.2 Å². The summed E-state index contributed by atoms with van der Waals surface area (Å²) < 4.78 is 6.16. The van der Waals surface area contributed by atoms with E-state index in [1.807, 2.05) is 24.3 Å². The Bertz CT molecular complexity index is 3150. The zero-order valence-electron chi connectivity index (χ0n) is 44.8. The zero-order valence-corrected chi connectivity index (χ0v) is 45.6. The average Bonchev–Trinajstić information content (AvgIpc) is 3.74. The van der Waals surface area contributed by atoms with Crippen molar-refractivity contribution in [3.05, 3.63) is 98.2 Å². The van der Waals surface area contributed by atoms with Crippen LogP contribution in [-0.2, 0) is 45.1 Å². The van der Waals surface area contributed by atoms with Crippen LogP contribution in [0.1, 0.15) is 155 Å². The number of nitrogens with zero attached hydrogens (tertiary/aromatic N) is 5. The number of likely N-dealkylation sites (tertiary alicyclic amines) is 3. The van der Waals surface area contributed by atoms with Gasteiger partial charge in [0.1, 0.15) is 28.0 Å². The van der Waals surface area contributed by atoms with E-state index in [4.69, 9.17) is 35.8 Å². The lowest BCUT2D eigenvalue weighted by Crippen LogP contribution is -2.76. The molecular formula is C63H74N6O8S. The number of aliphatic hydroxyl groups is 3. The van der Waals surface area contributed by atoms with Crippen molar-refractivity contribution in [2.24, 2.45) is 23.5 Å². The molecular weight excluding hydrogens is 1000 g/mol. The topological polar surface area (TPSA) is 189 Å². The molecule has 1 spiro atoms. The number of phenolic OH excluding ortho intramolecular Hbond substituents is 2. The van der Waals surface area contributed by atoms with Gasteiger partial charge in [-0.25, -0.2) is 9.69 Å². The van der Waals surface area contributed by atoms with Crippen molar-refractivity contribution >= 4 is 40.1 Å². The van der Waals surface area contributed by atoms with Crippen molar-refractivity contribution in [1.29, 1.82) is 0 Å². The van der Waals surface area contributed by atoms with Gasteiger partial charge >= 0.3 is 0 Å². The minimum atomic E-state index is -1.00. The molecule has 6 bridgehead atoms. The van der Waals surface area contributed by atoms with Gasteiger partial charge in [-0.3, -0.25) is 24.3 Å². The molecule has 0 amide bonds. The number of fused-ring (bicyclic) bond motifs is 2. The third-order valence-corrected chi connectivity index (χ3v) is 22.9. The quantitative estimate of drug-likeness (QED) is 0.1000. The van der Waals surface area contributed by atoms with E-state index in [1.165, 1.54) is 49.7 Å². The molecule has 16 rings (SSSR count). The molecule has 78 heavy (non-hydrogen) atoms. The fourth-order valence-corrected chi connectivity index (χ4v) is 18.7. The Labute approximate surface area is 462 Å². The Morgan fingerprint density at radius 1 is 0.615 bits per heavy atom. The summed E-state index contributed by atoms with van der Waals surface area (Å²) >= 11 is 5.16. The first-order chi connectivity index (χ1) is 37.5. The maximum absolute atomic E-state index is 12.8. The van der Waals surface area contributed by atoms with Crippen molar-refractivity contribution in [1.82, 2.24) is 14.7 Å². The highest BCUT2D eigenvalue weighted by molar-refractivity contribution is 7.80. The van der Waals surface area contributed by atoms with Crippen LogP contribution in [-0.4, -0.2) is 137 Å². The Hall–Kier alpha value is -4.97. The van der Waals surface area contributed by atoms with Crippen LogP contribution < -0.4 is 10.5 Å². The summed E-state index contributed by atoms with van der Waals surface area (Å²) in [6.07, 6.45) is 17.8. The van der Waals surface area contributed by atoms with Crippen LogP contribution >= 0.6 is 12.2 Å². The van der Waals surface area contributed by atoms with Crippen LogP contribution in [0.25, 0.3) is 9.69 Å². The smallest absolute Gasteiger partial charge is 0.228 e. The molecule has 4 aliphatic heterocycles. The summed E-state index contributed by atoms with van der Waals surface area (Å²) in [6, 6.07) is 11.6. The summed E-state index contributed by atoms with van der Waals surface area (Å²) in [5.41, 5.74) is 8.63. The van der Waals surface area contributed by atoms with Crippen LogP contribution in [0.15, 0.2) is 36.4 Å². The summed E-state index contributed by atoms with van der Waals surface area (Å²) in [5.74, 6) is 3.37. The lowest BCUT2D eigenvalue weighted by molar-refractivity contribution is -0.188. The number of thiocarbonyl (C=S) groups is 1. The molecule has 9 fully saturated rings. The molecule has 0 radical (unpaired) electrons. The van der Waals surface area contributed by atoms with E-state index >= 15 is 0 Å². The number of ketones is 2. The van der Waals surface area contributed by atoms with Crippen molar-refractivity contribution in [3.63, 3.8) is 0 Å². The van der Waals surface area contributed by atoms with Gasteiger partial charge in [-0.15, -0.1) is 0 Å². The molecule has 3 aromatic rings. The van der Waals surface area contributed by atoms with Gasteiger partial charge in [-0.05, 0) is 174 Å². The van der Waals surface area contributed by atoms with Crippen molar-refractivity contribution in [2.45, 2.75) is 192 Å². The van der Waals surface area contributed by atoms with E-state index in [1.54, 1.807) is 6.07 Å². The number of carbonyl (C=O) groups excluding carboxylic acids is 2. The normalized spacial score (nSPS) is 37.4. The molecule has 10 atom stereocenters. The Balaban J connectivity index is 0.000000106. The largest absolute Gasteiger partial charge is 0.519 e. The Kier molecular flexibility index (Phi) is 11.8. The minimum Gasteiger partial charge on any atom is -0.519 e. The van der Waals surface area contributed by atoms with Crippen LogP contribution in [0, 0.1) is 30.9 Å². The number of hydrogen-bond donors (Lipinski definition) is 6. The number of hydrogen-bond acceptors (Lipinski definition) is 12. The predicted molar refractivity (Wildman–Crippen MR) is 296 cm³/mol. The number of phenols is 2. The van der Waals surface area contributed by atoms with Crippen LogP contribution in [0.4, 0.5) is 11.4 Å². The van der Waals surface area contributed by atoms with E-state index < -0.39 is 33.7 Å². The Morgan fingerprint density at radius 3 is 1.71 bits per heavy atom. The van der Waals surface area contributed by atoms with E-state index in [-0.39, 0.29) is 63.7 Å². The van der Waals surface area contributed by atoms with Gasteiger partial charge in [-0.2, -0.15) is 0 Å². The highest BCUT2D eigenvalue weighted by atomic mass is 32.1. The number of benzene rings is 3.